The van der Waals surface area contributed by atoms with Crippen molar-refractivity contribution in [3.8, 4) is 0 Å². The van der Waals surface area contributed by atoms with Crippen molar-refractivity contribution in [3.63, 3.8) is 0 Å². The molecule has 0 aliphatic carbocycles. The zero-order chi connectivity index (χ0) is 18.2. The van der Waals surface area contributed by atoms with Crippen molar-refractivity contribution in [1.82, 2.24) is 10.6 Å². The molecule has 0 saturated heterocycles. The molecule has 4 N–H and O–H groups in total. The minimum atomic E-state index is -1.47. The monoisotopic (exact) mass is 332 g/mol. The smallest absolute Gasteiger partial charge is 0.407 e. The fourth-order valence-electron chi connectivity index (χ4n) is 2.18. The predicted molar refractivity (Wildman–Crippen MR) is 88.3 cm³/mol. The maximum atomic E-state index is 11.9. The quantitative estimate of drug-likeness (QED) is 0.512. The van der Waals surface area contributed by atoms with E-state index in [9.17, 15) is 14.7 Å². The summed E-state index contributed by atoms with van der Waals surface area (Å²) < 4.78 is 5.25. The zero-order valence-electron chi connectivity index (χ0n) is 15.0. The van der Waals surface area contributed by atoms with Crippen LogP contribution in [0.3, 0.4) is 0 Å². The molecule has 0 spiro atoms. The van der Waals surface area contributed by atoms with Gasteiger partial charge in [0.05, 0.1) is 0 Å². The fourth-order valence-corrected chi connectivity index (χ4v) is 2.18. The van der Waals surface area contributed by atoms with Gasteiger partial charge in [0.1, 0.15) is 5.60 Å². The molecule has 0 aromatic carbocycles. The van der Waals surface area contributed by atoms with Crippen LogP contribution in [0.25, 0.3) is 0 Å². The summed E-state index contributed by atoms with van der Waals surface area (Å²) in [4.78, 5) is 22.8. The van der Waals surface area contributed by atoms with Gasteiger partial charge >= 0.3 is 12.1 Å². The first kappa shape index (κ1) is 21.7. The molecule has 0 aliphatic heterocycles. The van der Waals surface area contributed by atoms with E-state index in [4.69, 9.17) is 9.84 Å². The van der Waals surface area contributed by atoms with E-state index in [0.29, 0.717) is 25.3 Å². The van der Waals surface area contributed by atoms with Crippen LogP contribution >= 0.6 is 0 Å². The van der Waals surface area contributed by atoms with E-state index < -0.39 is 29.8 Å². The van der Waals surface area contributed by atoms with Crippen LogP contribution < -0.4 is 10.6 Å². The summed E-state index contributed by atoms with van der Waals surface area (Å²) >= 11 is 0. The van der Waals surface area contributed by atoms with Gasteiger partial charge in [-0.05, 0) is 39.5 Å². The number of ether oxygens (including phenoxy) is 1. The molecule has 1 amide bonds. The Morgan fingerprint density at radius 1 is 1.22 bits per heavy atom. The highest BCUT2D eigenvalue weighted by atomic mass is 16.6. The standard InChI is InChI=1S/C16H32N2O5/c1-7-12(13(19)14(20)21)17-9-11(8-10(2)3)18-15(22)23-16(4,5)6/h10-13,17,19H,7-9H2,1-6H3,(H,18,22)(H,20,21). The second-order valence-corrected chi connectivity index (χ2v) is 7.18. The van der Waals surface area contributed by atoms with E-state index >= 15 is 0 Å². The molecule has 0 heterocycles. The number of carbonyl (C=O) groups is 2. The lowest BCUT2D eigenvalue weighted by atomic mass is 10.0. The van der Waals surface area contributed by atoms with Gasteiger partial charge in [0, 0.05) is 18.6 Å². The molecule has 7 heteroatoms. The first-order chi connectivity index (χ1) is 10.5. The van der Waals surface area contributed by atoms with Gasteiger partial charge in [-0.25, -0.2) is 9.59 Å². The van der Waals surface area contributed by atoms with Gasteiger partial charge < -0.3 is 25.6 Å². The first-order valence-electron chi connectivity index (χ1n) is 8.10. The summed E-state index contributed by atoms with van der Waals surface area (Å²) in [5, 5.41) is 24.4. The largest absolute Gasteiger partial charge is 0.479 e. The van der Waals surface area contributed by atoms with Crippen molar-refractivity contribution < 1.29 is 24.5 Å². The maximum Gasteiger partial charge on any atom is 0.407 e. The Morgan fingerprint density at radius 2 is 1.78 bits per heavy atom. The third kappa shape index (κ3) is 10.1. The molecule has 0 saturated carbocycles. The Balaban J connectivity index is 4.66. The minimum Gasteiger partial charge on any atom is -0.479 e. The zero-order valence-corrected chi connectivity index (χ0v) is 15.0. The Hall–Kier alpha value is -1.34. The number of aliphatic hydroxyl groups is 1. The fraction of sp³-hybridized carbons (Fsp3) is 0.875. The molecule has 23 heavy (non-hydrogen) atoms. The molecule has 0 fully saturated rings. The second kappa shape index (κ2) is 9.72. The number of aliphatic hydroxyl groups excluding tert-OH is 1. The normalized spacial score (nSPS) is 15.8. The van der Waals surface area contributed by atoms with Gasteiger partial charge in [0.2, 0.25) is 0 Å². The molecule has 0 aromatic rings. The SMILES string of the molecule is CCC(NCC(CC(C)C)NC(=O)OC(C)(C)C)C(O)C(=O)O. The molecule has 3 unspecified atom stereocenters. The van der Waals surface area contributed by atoms with E-state index in [1.54, 1.807) is 27.7 Å². The average Bonchev–Trinajstić information content (AvgIpc) is 2.35. The van der Waals surface area contributed by atoms with E-state index in [1.807, 2.05) is 13.8 Å². The maximum absolute atomic E-state index is 11.9. The lowest BCUT2D eigenvalue weighted by Crippen LogP contribution is -2.51. The molecule has 0 bridgehead atoms. The number of nitrogens with one attached hydrogen (secondary N) is 2. The van der Waals surface area contributed by atoms with Crippen molar-refractivity contribution in [2.45, 2.75) is 78.2 Å². The number of alkyl carbamates (subject to hydrolysis) is 1. The lowest BCUT2D eigenvalue weighted by molar-refractivity contribution is -0.148. The minimum absolute atomic E-state index is 0.208. The third-order valence-corrected chi connectivity index (χ3v) is 3.18. The molecule has 7 nitrogen and oxygen atoms in total. The molecule has 3 atom stereocenters. The highest BCUT2D eigenvalue weighted by Crippen LogP contribution is 2.10. The number of amides is 1. The second-order valence-electron chi connectivity index (χ2n) is 7.18. The molecular weight excluding hydrogens is 300 g/mol. The summed E-state index contributed by atoms with van der Waals surface area (Å²) in [5.41, 5.74) is -0.578. The first-order valence-corrected chi connectivity index (χ1v) is 8.10. The van der Waals surface area contributed by atoms with Crippen LogP contribution in [0.4, 0.5) is 4.79 Å². The number of carboxylic acid groups (broad SMARTS) is 1. The summed E-state index contributed by atoms with van der Waals surface area (Å²) in [5.74, 6) is -0.911. The number of carbonyl (C=O) groups excluding carboxylic acids is 1. The number of carboxylic acids is 1. The van der Waals surface area contributed by atoms with Crippen molar-refractivity contribution in [2.24, 2.45) is 5.92 Å². The Kier molecular flexibility index (Phi) is 9.16. The van der Waals surface area contributed by atoms with Crippen LogP contribution in [0, 0.1) is 5.92 Å². The van der Waals surface area contributed by atoms with Gasteiger partial charge in [-0.1, -0.05) is 20.8 Å². The average molecular weight is 332 g/mol. The highest BCUT2D eigenvalue weighted by Gasteiger charge is 2.26. The van der Waals surface area contributed by atoms with Gasteiger partial charge in [-0.2, -0.15) is 0 Å². The summed E-state index contributed by atoms with van der Waals surface area (Å²) in [7, 11) is 0. The summed E-state index contributed by atoms with van der Waals surface area (Å²) in [6.45, 7) is 11.6. The summed E-state index contributed by atoms with van der Waals surface area (Å²) in [6, 6.07) is -0.775. The van der Waals surface area contributed by atoms with Crippen molar-refractivity contribution in [2.75, 3.05) is 6.54 Å². The van der Waals surface area contributed by atoms with E-state index in [1.165, 1.54) is 0 Å². The topological polar surface area (TPSA) is 108 Å². The third-order valence-electron chi connectivity index (χ3n) is 3.18. The van der Waals surface area contributed by atoms with Crippen molar-refractivity contribution in [3.05, 3.63) is 0 Å². The molecule has 0 radical (unpaired) electrons. The van der Waals surface area contributed by atoms with Gasteiger partial charge in [-0.3, -0.25) is 0 Å². The molecule has 0 rings (SSSR count). The van der Waals surface area contributed by atoms with Gasteiger partial charge in [-0.15, -0.1) is 0 Å². The van der Waals surface area contributed by atoms with Crippen LogP contribution in [0.15, 0.2) is 0 Å². The Labute approximate surface area is 138 Å². The highest BCUT2D eigenvalue weighted by molar-refractivity contribution is 5.72. The molecule has 136 valence electrons. The van der Waals surface area contributed by atoms with Crippen LogP contribution in [-0.4, -0.2) is 52.6 Å². The Bertz CT molecular complexity index is 379. The van der Waals surface area contributed by atoms with Crippen LogP contribution in [-0.2, 0) is 9.53 Å². The molecular formula is C16H32N2O5. The van der Waals surface area contributed by atoms with E-state index in [2.05, 4.69) is 10.6 Å². The predicted octanol–water partition coefficient (Wildman–Crippen LogP) is 1.74. The number of hydrogen-bond donors (Lipinski definition) is 4. The lowest BCUT2D eigenvalue weighted by Gasteiger charge is -2.27. The number of aliphatic carboxylic acids is 1. The van der Waals surface area contributed by atoms with E-state index in [-0.39, 0.29) is 6.04 Å². The van der Waals surface area contributed by atoms with Crippen LogP contribution in [0.1, 0.15) is 54.4 Å². The number of hydrogen-bond acceptors (Lipinski definition) is 5. The van der Waals surface area contributed by atoms with Gasteiger partial charge in [0.25, 0.3) is 0 Å². The summed E-state index contributed by atoms with van der Waals surface area (Å²) in [6.07, 6.45) is -0.793. The number of rotatable bonds is 9. The van der Waals surface area contributed by atoms with Crippen LogP contribution in [0.2, 0.25) is 0 Å². The van der Waals surface area contributed by atoms with Crippen molar-refractivity contribution in [1.29, 1.82) is 0 Å². The van der Waals surface area contributed by atoms with Crippen molar-refractivity contribution >= 4 is 12.1 Å². The Morgan fingerprint density at radius 3 is 2.17 bits per heavy atom. The van der Waals surface area contributed by atoms with Crippen LogP contribution in [0.5, 0.6) is 0 Å². The van der Waals surface area contributed by atoms with E-state index in [0.717, 1.165) is 0 Å². The molecule has 0 aliphatic rings. The molecule has 0 aromatic heterocycles. The van der Waals surface area contributed by atoms with Gasteiger partial charge in [0.15, 0.2) is 6.10 Å².